The zero-order chi connectivity index (χ0) is 10.5. The molecule has 2 heteroatoms. The second-order valence-electron chi connectivity index (χ2n) is 5.14. The van der Waals surface area contributed by atoms with Crippen molar-refractivity contribution in [1.82, 2.24) is 0 Å². The summed E-state index contributed by atoms with van der Waals surface area (Å²) in [5, 5.41) is 11.5. The fourth-order valence-electron chi connectivity index (χ4n) is 2.86. The first-order chi connectivity index (χ1) is 7.36. The van der Waals surface area contributed by atoms with Crippen molar-refractivity contribution < 1.29 is 5.11 Å². The third kappa shape index (κ3) is 3.67. The molecule has 88 valence electrons. The summed E-state index contributed by atoms with van der Waals surface area (Å²) in [7, 11) is 0. The third-order valence-corrected chi connectivity index (χ3v) is 5.59. The minimum atomic E-state index is -0.0144. The molecule has 0 bridgehead atoms. The highest BCUT2D eigenvalue weighted by molar-refractivity contribution is 8.00. The molecule has 0 saturated heterocycles. The summed E-state index contributed by atoms with van der Waals surface area (Å²) >= 11 is 2.11. The lowest BCUT2D eigenvalue weighted by Crippen LogP contribution is -2.25. The maximum atomic E-state index is 10.1. The Bertz CT molecular complexity index is 177. The van der Waals surface area contributed by atoms with Crippen LogP contribution in [0, 0.1) is 0 Å². The molecule has 2 unspecified atom stereocenters. The Kier molecular flexibility index (Phi) is 4.83. The van der Waals surface area contributed by atoms with Crippen LogP contribution in [0.2, 0.25) is 0 Å². The number of thioether (sulfide) groups is 1. The molecule has 0 aromatic rings. The summed E-state index contributed by atoms with van der Waals surface area (Å²) in [4.78, 5) is 0. The molecule has 2 atom stereocenters. The Labute approximate surface area is 98.0 Å². The predicted octanol–water partition coefficient (Wildman–Crippen LogP) is 3.75. The second kappa shape index (κ2) is 6.15. The van der Waals surface area contributed by atoms with E-state index in [4.69, 9.17) is 0 Å². The number of hydrogen-bond donors (Lipinski definition) is 1. The standard InChI is InChI=1S/C13H24OS/c14-12-9-5-2-6-10-13(12)15-11-7-3-1-4-8-11/h11-14H,1-10H2. The fraction of sp³-hybridized carbons (Fsp3) is 1.00. The lowest BCUT2D eigenvalue weighted by atomic mass is 10.0. The van der Waals surface area contributed by atoms with E-state index in [9.17, 15) is 5.11 Å². The van der Waals surface area contributed by atoms with E-state index >= 15 is 0 Å². The minimum Gasteiger partial charge on any atom is -0.392 e. The van der Waals surface area contributed by atoms with Crippen LogP contribution in [0.15, 0.2) is 0 Å². The largest absolute Gasteiger partial charge is 0.392 e. The molecule has 15 heavy (non-hydrogen) atoms. The van der Waals surface area contributed by atoms with Crippen LogP contribution in [0.3, 0.4) is 0 Å². The predicted molar refractivity (Wildman–Crippen MR) is 67.3 cm³/mol. The lowest BCUT2D eigenvalue weighted by molar-refractivity contribution is 0.163. The van der Waals surface area contributed by atoms with Crippen molar-refractivity contribution >= 4 is 11.8 Å². The summed E-state index contributed by atoms with van der Waals surface area (Å²) < 4.78 is 0. The molecule has 0 heterocycles. The quantitative estimate of drug-likeness (QED) is 0.726. The third-order valence-electron chi connectivity index (χ3n) is 3.84. The molecule has 2 saturated carbocycles. The van der Waals surface area contributed by atoms with E-state index in [1.807, 2.05) is 0 Å². The van der Waals surface area contributed by atoms with Gasteiger partial charge >= 0.3 is 0 Å². The highest BCUT2D eigenvalue weighted by Gasteiger charge is 2.26. The van der Waals surface area contributed by atoms with Crippen LogP contribution in [0.5, 0.6) is 0 Å². The first-order valence-corrected chi connectivity index (χ1v) is 7.64. The monoisotopic (exact) mass is 228 g/mol. The maximum Gasteiger partial charge on any atom is 0.0658 e. The average Bonchev–Trinajstić information content (AvgIpc) is 2.46. The van der Waals surface area contributed by atoms with Crippen LogP contribution in [-0.2, 0) is 0 Å². The zero-order valence-electron chi connectivity index (χ0n) is 9.66. The van der Waals surface area contributed by atoms with E-state index in [0.717, 1.165) is 11.7 Å². The number of aliphatic hydroxyl groups excluding tert-OH is 1. The van der Waals surface area contributed by atoms with E-state index in [1.54, 1.807) is 0 Å². The topological polar surface area (TPSA) is 20.2 Å². The molecule has 0 aromatic heterocycles. The minimum absolute atomic E-state index is 0.0144. The van der Waals surface area contributed by atoms with Gasteiger partial charge in [0.1, 0.15) is 0 Å². The van der Waals surface area contributed by atoms with Gasteiger partial charge in [-0.1, -0.05) is 38.5 Å². The van der Waals surface area contributed by atoms with E-state index in [-0.39, 0.29) is 6.10 Å². The van der Waals surface area contributed by atoms with Crippen molar-refractivity contribution in [2.24, 2.45) is 0 Å². The van der Waals surface area contributed by atoms with Gasteiger partial charge in [-0.3, -0.25) is 0 Å². The smallest absolute Gasteiger partial charge is 0.0658 e. The molecule has 2 aliphatic carbocycles. The van der Waals surface area contributed by atoms with Gasteiger partial charge in [-0.2, -0.15) is 11.8 Å². The first kappa shape index (κ1) is 11.8. The molecule has 2 aliphatic rings. The Morgan fingerprint density at radius 1 is 0.733 bits per heavy atom. The highest BCUT2D eigenvalue weighted by Crippen LogP contribution is 2.36. The van der Waals surface area contributed by atoms with Crippen LogP contribution in [0.4, 0.5) is 0 Å². The van der Waals surface area contributed by atoms with E-state index in [2.05, 4.69) is 11.8 Å². The molecule has 1 nitrogen and oxygen atoms in total. The number of aliphatic hydroxyl groups is 1. The summed E-state index contributed by atoms with van der Waals surface area (Å²) in [6, 6.07) is 0. The number of rotatable bonds is 2. The fourth-order valence-corrected chi connectivity index (χ4v) is 4.58. The second-order valence-corrected chi connectivity index (χ2v) is 6.68. The normalized spacial score (nSPS) is 35.0. The summed E-state index contributed by atoms with van der Waals surface area (Å²) in [5.41, 5.74) is 0. The highest BCUT2D eigenvalue weighted by atomic mass is 32.2. The lowest BCUT2D eigenvalue weighted by Gasteiger charge is -2.28. The van der Waals surface area contributed by atoms with Gasteiger partial charge in [0, 0.05) is 10.5 Å². The van der Waals surface area contributed by atoms with Crippen molar-refractivity contribution in [3.63, 3.8) is 0 Å². The van der Waals surface area contributed by atoms with Crippen molar-refractivity contribution in [2.45, 2.75) is 80.8 Å². The molecule has 0 spiro atoms. The van der Waals surface area contributed by atoms with Crippen LogP contribution in [0.25, 0.3) is 0 Å². The van der Waals surface area contributed by atoms with Gasteiger partial charge in [0.25, 0.3) is 0 Å². The van der Waals surface area contributed by atoms with Crippen LogP contribution >= 0.6 is 11.8 Å². The van der Waals surface area contributed by atoms with Crippen molar-refractivity contribution in [3.05, 3.63) is 0 Å². The molecule has 0 radical (unpaired) electrons. The van der Waals surface area contributed by atoms with E-state index in [1.165, 1.54) is 57.8 Å². The zero-order valence-corrected chi connectivity index (χ0v) is 10.5. The van der Waals surface area contributed by atoms with Gasteiger partial charge in [-0.25, -0.2) is 0 Å². The SMILES string of the molecule is OC1CCCCCC1SC1CCCCC1. The van der Waals surface area contributed by atoms with Crippen molar-refractivity contribution in [2.75, 3.05) is 0 Å². The molecule has 1 N–H and O–H groups in total. The van der Waals surface area contributed by atoms with Gasteiger partial charge in [-0.15, -0.1) is 0 Å². The van der Waals surface area contributed by atoms with Gasteiger partial charge in [0.15, 0.2) is 0 Å². The van der Waals surface area contributed by atoms with E-state index in [0.29, 0.717) is 5.25 Å². The van der Waals surface area contributed by atoms with Crippen LogP contribution < -0.4 is 0 Å². The van der Waals surface area contributed by atoms with Gasteiger partial charge in [-0.05, 0) is 25.7 Å². The maximum absolute atomic E-state index is 10.1. The Morgan fingerprint density at radius 2 is 1.33 bits per heavy atom. The Hall–Kier alpha value is 0.310. The molecule has 0 amide bonds. The van der Waals surface area contributed by atoms with Crippen molar-refractivity contribution in [1.29, 1.82) is 0 Å². The Balaban J connectivity index is 1.79. The molecule has 0 aliphatic heterocycles. The molecule has 2 rings (SSSR count). The average molecular weight is 228 g/mol. The summed E-state index contributed by atoms with van der Waals surface area (Å²) in [5.74, 6) is 0. The molecule has 2 fully saturated rings. The molecular formula is C13H24OS. The Morgan fingerprint density at radius 3 is 2.07 bits per heavy atom. The number of hydrogen-bond acceptors (Lipinski definition) is 2. The van der Waals surface area contributed by atoms with Crippen LogP contribution in [0.1, 0.15) is 64.2 Å². The van der Waals surface area contributed by atoms with Crippen molar-refractivity contribution in [3.8, 4) is 0 Å². The molecular weight excluding hydrogens is 204 g/mol. The van der Waals surface area contributed by atoms with Gasteiger partial charge < -0.3 is 5.11 Å². The first-order valence-electron chi connectivity index (χ1n) is 6.70. The summed E-state index contributed by atoms with van der Waals surface area (Å²) in [6.45, 7) is 0. The molecule has 0 aromatic carbocycles. The summed E-state index contributed by atoms with van der Waals surface area (Å²) in [6.07, 6.45) is 13.3. The van der Waals surface area contributed by atoms with Crippen LogP contribution in [-0.4, -0.2) is 21.7 Å². The van der Waals surface area contributed by atoms with E-state index < -0.39 is 0 Å². The van der Waals surface area contributed by atoms with Gasteiger partial charge in [0.05, 0.1) is 6.10 Å². The van der Waals surface area contributed by atoms with Gasteiger partial charge in [0.2, 0.25) is 0 Å².